The Morgan fingerprint density at radius 1 is 0.420 bits per heavy atom. The Morgan fingerprint density at radius 2 is 0.640 bits per heavy atom. The van der Waals surface area contributed by atoms with Crippen molar-refractivity contribution in [2.45, 2.75) is 153 Å². The number of carbonyl (C=O) groups excluding carboxylic acids is 4. The van der Waals surface area contributed by atoms with Crippen LogP contribution in [0.2, 0.25) is 0 Å². The standard InChI is InChI=1S/2C10H18O3.2C9H16O3/c2*1-12-9(7-10(11)13-2)8-5-3-4-6-8;2*1-12-9(11)6-8(10)7-4-2-3-5-7/h2*8-9H,3-7H2,1-2H3;2*7-8,10H,2-6H2,1H3. The van der Waals surface area contributed by atoms with Crippen LogP contribution in [-0.4, -0.2) is 101 Å². The normalized spacial score (nSPS) is 20.5. The van der Waals surface area contributed by atoms with Gasteiger partial charge in [0.1, 0.15) is 0 Å². The van der Waals surface area contributed by atoms with Crippen LogP contribution in [0.1, 0.15) is 128 Å². The van der Waals surface area contributed by atoms with Crippen LogP contribution in [0.25, 0.3) is 0 Å². The minimum absolute atomic E-state index is 0.0648. The number of ether oxygens (including phenoxy) is 6. The quantitative estimate of drug-likeness (QED) is 0.167. The molecule has 0 spiro atoms. The van der Waals surface area contributed by atoms with E-state index >= 15 is 0 Å². The number of aliphatic hydroxyl groups is 2. The Morgan fingerprint density at radius 3 is 0.860 bits per heavy atom. The van der Waals surface area contributed by atoms with Gasteiger partial charge in [0.2, 0.25) is 0 Å². The molecule has 12 nitrogen and oxygen atoms in total. The summed E-state index contributed by atoms with van der Waals surface area (Å²) in [5.74, 6) is 0.808. The zero-order valence-corrected chi connectivity index (χ0v) is 31.7. The van der Waals surface area contributed by atoms with E-state index in [0.29, 0.717) is 36.5 Å². The second-order valence-electron chi connectivity index (χ2n) is 14.0. The largest absolute Gasteiger partial charge is 0.469 e. The number of aliphatic hydroxyl groups excluding tert-OH is 2. The first-order valence-corrected chi connectivity index (χ1v) is 18.7. The van der Waals surface area contributed by atoms with E-state index in [2.05, 4.69) is 18.9 Å². The third-order valence-corrected chi connectivity index (χ3v) is 10.7. The lowest BCUT2D eigenvalue weighted by atomic mass is 9.98. The SMILES string of the molecule is COC(=O)CC(O)C1CCCC1.COC(=O)CC(O)C1CCCC1.COC(=O)CC(OC)C1CCCC1.COC(=O)CC(OC)C1CCCC1. The zero-order valence-electron chi connectivity index (χ0n) is 31.7. The molecule has 4 unspecified atom stereocenters. The summed E-state index contributed by atoms with van der Waals surface area (Å²) in [4.78, 5) is 43.7. The van der Waals surface area contributed by atoms with Crippen LogP contribution < -0.4 is 0 Å². The average molecular weight is 717 g/mol. The summed E-state index contributed by atoms with van der Waals surface area (Å²) >= 11 is 0. The first kappa shape index (κ1) is 45.7. The molecule has 4 rings (SSSR count). The Balaban J connectivity index is 0.000000334. The highest BCUT2D eigenvalue weighted by atomic mass is 16.5. The Kier molecular flexibility index (Phi) is 25.1. The molecule has 292 valence electrons. The second-order valence-corrected chi connectivity index (χ2v) is 14.0. The number of rotatable bonds is 14. The van der Waals surface area contributed by atoms with Crippen LogP contribution >= 0.6 is 0 Å². The van der Waals surface area contributed by atoms with Crippen LogP contribution in [0.5, 0.6) is 0 Å². The minimum atomic E-state index is -0.486. The van der Waals surface area contributed by atoms with Gasteiger partial charge < -0.3 is 38.6 Å². The molecule has 0 radical (unpaired) electrons. The van der Waals surface area contributed by atoms with Gasteiger partial charge in [-0.05, 0) is 75.0 Å². The van der Waals surface area contributed by atoms with Crippen LogP contribution in [0.3, 0.4) is 0 Å². The average Bonchev–Trinajstić information content (AvgIpc) is 3.97. The molecule has 4 fully saturated rings. The monoisotopic (exact) mass is 716 g/mol. The maximum Gasteiger partial charge on any atom is 0.308 e. The fraction of sp³-hybridized carbons (Fsp3) is 0.895. The summed E-state index contributed by atoms with van der Waals surface area (Å²) in [6.07, 6.45) is 19.1. The molecule has 0 amide bonds. The van der Waals surface area contributed by atoms with Gasteiger partial charge in [0.15, 0.2) is 0 Å². The fourth-order valence-corrected chi connectivity index (χ4v) is 7.56. The molecule has 0 aromatic heterocycles. The van der Waals surface area contributed by atoms with E-state index in [1.807, 2.05) is 0 Å². The van der Waals surface area contributed by atoms with Crippen molar-refractivity contribution in [1.82, 2.24) is 0 Å². The Hall–Kier alpha value is -2.28. The highest BCUT2D eigenvalue weighted by molar-refractivity contribution is 5.70. The van der Waals surface area contributed by atoms with E-state index in [1.54, 1.807) is 14.2 Å². The molecule has 0 aromatic carbocycles. The summed E-state index contributed by atoms with van der Waals surface area (Å²) < 4.78 is 28.8. The first-order chi connectivity index (χ1) is 24.0. The van der Waals surface area contributed by atoms with Crippen LogP contribution in [0.4, 0.5) is 0 Å². The third kappa shape index (κ3) is 18.8. The molecule has 0 aliphatic heterocycles. The van der Waals surface area contributed by atoms with Gasteiger partial charge in [0.05, 0.1) is 78.5 Å². The molecule has 0 aromatic rings. The molecule has 0 heterocycles. The van der Waals surface area contributed by atoms with Crippen LogP contribution in [0, 0.1) is 23.7 Å². The molecular weight excluding hydrogens is 648 g/mol. The smallest absolute Gasteiger partial charge is 0.308 e. The Labute approximate surface area is 300 Å². The maximum atomic E-state index is 11.0. The van der Waals surface area contributed by atoms with Gasteiger partial charge in [-0.25, -0.2) is 0 Å². The van der Waals surface area contributed by atoms with E-state index < -0.39 is 12.2 Å². The second kappa shape index (κ2) is 27.4. The molecule has 0 bridgehead atoms. The van der Waals surface area contributed by atoms with Crippen molar-refractivity contribution >= 4 is 23.9 Å². The number of carbonyl (C=O) groups is 4. The van der Waals surface area contributed by atoms with Gasteiger partial charge >= 0.3 is 23.9 Å². The van der Waals surface area contributed by atoms with Gasteiger partial charge in [0, 0.05) is 14.2 Å². The van der Waals surface area contributed by atoms with Crippen molar-refractivity contribution in [2.24, 2.45) is 23.7 Å². The van der Waals surface area contributed by atoms with Gasteiger partial charge in [-0.3, -0.25) is 19.2 Å². The molecule has 4 aliphatic carbocycles. The number of hydrogen-bond donors (Lipinski definition) is 2. The molecule has 2 N–H and O–H groups in total. The highest BCUT2D eigenvalue weighted by Gasteiger charge is 2.29. The fourth-order valence-electron chi connectivity index (χ4n) is 7.56. The summed E-state index contributed by atoms with van der Waals surface area (Å²) in [7, 11) is 8.89. The maximum absolute atomic E-state index is 11.0. The van der Waals surface area contributed by atoms with Gasteiger partial charge in [-0.1, -0.05) is 51.4 Å². The lowest BCUT2D eigenvalue weighted by molar-refractivity contribution is -0.145. The summed E-state index contributed by atoms with van der Waals surface area (Å²) in [5.41, 5.74) is 0. The zero-order chi connectivity index (χ0) is 37.3. The summed E-state index contributed by atoms with van der Waals surface area (Å²) in [6.45, 7) is 0. The van der Waals surface area contributed by atoms with Gasteiger partial charge in [-0.15, -0.1) is 0 Å². The predicted octanol–water partition coefficient (Wildman–Crippen LogP) is 5.71. The Bertz CT molecular complexity index is 845. The van der Waals surface area contributed by atoms with Crippen LogP contribution in [-0.2, 0) is 47.6 Å². The molecule has 4 aliphatic rings. The van der Waals surface area contributed by atoms with Gasteiger partial charge in [0.25, 0.3) is 0 Å². The van der Waals surface area contributed by atoms with Crippen molar-refractivity contribution in [3.63, 3.8) is 0 Å². The number of methoxy groups -OCH3 is 6. The number of hydrogen-bond acceptors (Lipinski definition) is 12. The van der Waals surface area contributed by atoms with Crippen molar-refractivity contribution in [3.8, 4) is 0 Å². The summed E-state index contributed by atoms with van der Waals surface area (Å²) in [5, 5.41) is 19.1. The molecular formula is C38H68O12. The third-order valence-electron chi connectivity index (χ3n) is 10.7. The highest BCUT2D eigenvalue weighted by Crippen LogP contribution is 2.32. The molecule has 50 heavy (non-hydrogen) atoms. The predicted molar refractivity (Wildman–Crippen MR) is 188 cm³/mol. The van der Waals surface area contributed by atoms with E-state index in [1.165, 1.54) is 105 Å². The van der Waals surface area contributed by atoms with Crippen molar-refractivity contribution in [2.75, 3.05) is 42.7 Å². The number of esters is 4. The van der Waals surface area contributed by atoms with E-state index in [4.69, 9.17) is 9.47 Å². The summed E-state index contributed by atoms with van der Waals surface area (Å²) in [6, 6.07) is 0. The molecule has 0 saturated heterocycles. The van der Waals surface area contributed by atoms with Crippen LogP contribution in [0.15, 0.2) is 0 Å². The molecule has 4 atom stereocenters. The topological polar surface area (TPSA) is 164 Å². The van der Waals surface area contributed by atoms with Crippen molar-refractivity contribution in [1.29, 1.82) is 0 Å². The van der Waals surface area contributed by atoms with Crippen molar-refractivity contribution in [3.05, 3.63) is 0 Å². The van der Waals surface area contributed by atoms with Gasteiger partial charge in [-0.2, -0.15) is 0 Å². The van der Waals surface area contributed by atoms with E-state index in [9.17, 15) is 29.4 Å². The van der Waals surface area contributed by atoms with E-state index in [0.717, 1.165) is 25.7 Å². The van der Waals surface area contributed by atoms with E-state index in [-0.39, 0.29) is 48.9 Å². The molecule has 4 saturated carbocycles. The minimum Gasteiger partial charge on any atom is -0.469 e. The lowest BCUT2D eigenvalue weighted by Crippen LogP contribution is -2.24. The molecule has 12 heteroatoms. The van der Waals surface area contributed by atoms with Crippen molar-refractivity contribution < 1.29 is 57.8 Å². The lowest BCUT2D eigenvalue weighted by Gasteiger charge is -2.20. The first-order valence-electron chi connectivity index (χ1n) is 18.7.